The van der Waals surface area contributed by atoms with E-state index in [1.54, 1.807) is 4.90 Å². The molecule has 1 rings (SSSR count). The van der Waals surface area contributed by atoms with Gasteiger partial charge in [0.1, 0.15) is 6.61 Å². The SMILES string of the molecule is O=C(CO)N1CC[C@H](OCI)C1. The lowest BCUT2D eigenvalue weighted by Crippen LogP contribution is -2.32. The molecule has 1 heterocycles. The average Bonchev–Trinajstić information content (AvgIpc) is 2.52. The van der Waals surface area contributed by atoms with Crippen molar-refractivity contribution >= 4 is 28.5 Å². The normalized spacial score (nSPS) is 23.2. The van der Waals surface area contributed by atoms with Crippen LogP contribution in [0.2, 0.25) is 0 Å². The van der Waals surface area contributed by atoms with E-state index in [1.807, 2.05) is 0 Å². The number of aliphatic hydroxyl groups is 1. The fourth-order valence-corrected chi connectivity index (χ4v) is 1.79. The molecule has 0 saturated carbocycles. The van der Waals surface area contributed by atoms with E-state index in [4.69, 9.17) is 9.84 Å². The van der Waals surface area contributed by atoms with E-state index < -0.39 is 6.61 Å². The first-order valence-electron chi connectivity index (χ1n) is 3.84. The predicted octanol–water partition coefficient (Wildman–Crippen LogP) is -0.0113. The van der Waals surface area contributed by atoms with Crippen LogP contribution in [-0.4, -0.2) is 46.3 Å². The minimum Gasteiger partial charge on any atom is -0.387 e. The summed E-state index contributed by atoms with van der Waals surface area (Å²) in [5, 5.41) is 8.58. The maximum atomic E-state index is 11.0. The molecule has 12 heavy (non-hydrogen) atoms. The number of ether oxygens (including phenoxy) is 1. The van der Waals surface area contributed by atoms with E-state index in [0.29, 0.717) is 17.7 Å². The maximum Gasteiger partial charge on any atom is 0.248 e. The molecule has 0 unspecified atom stereocenters. The Labute approximate surface area is 85.0 Å². The quantitative estimate of drug-likeness (QED) is 0.586. The zero-order valence-electron chi connectivity index (χ0n) is 6.70. The molecule has 0 aliphatic carbocycles. The molecule has 4 nitrogen and oxygen atoms in total. The molecule has 0 bridgehead atoms. The van der Waals surface area contributed by atoms with E-state index in [2.05, 4.69) is 22.6 Å². The number of nitrogens with zero attached hydrogens (tertiary/aromatic N) is 1. The summed E-state index contributed by atoms with van der Waals surface area (Å²) in [6, 6.07) is 0. The van der Waals surface area contributed by atoms with Crippen molar-refractivity contribution in [3.63, 3.8) is 0 Å². The molecule has 1 fully saturated rings. The van der Waals surface area contributed by atoms with Crippen molar-refractivity contribution in [1.82, 2.24) is 4.90 Å². The van der Waals surface area contributed by atoms with Crippen molar-refractivity contribution in [3.05, 3.63) is 0 Å². The molecule has 0 radical (unpaired) electrons. The second-order valence-corrected chi connectivity index (χ2v) is 3.31. The highest BCUT2D eigenvalue weighted by Gasteiger charge is 2.25. The van der Waals surface area contributed by atoms with Crippen LogP contribution in [0.15, 0.2) is 0 Å². The van der Waals surface area contributed by atoms with Gasteiger partial charge in [0.2, 0.25) is 5.91 Å². The molecule has 1 atom stereocenters. The monoisotopic (exact) mass is 285 g/mol. The second-order valence-electron chi connectivity index (χ2n) is 2.68. The van der Waals surface area contributed by atoms with Crippen LogP contribution in [-0.2, 0) is 9.53 Å². The Balaban J connectivity index is 2.30. The van der Waals surface area contributed by atoms with E-state index in [0.717, 1.165) is 6.42 Å². The molecule has 1 aliphatic rings. The van der Waals surface area contributed by atoms with Crippen LogP contribution in [0.4, 0.5) is 0 Å². The van der Waals surface area contributed by atoms with Gasteiger partial charge in [-0.3, -0.25) is 4.79 Å². The number of alkyl halides is 1. The fraction of sp³-hybridized carbons (Fsp3) is 0.857. The summed E-state index contributed by atoms with van der Waals surface area (Å²) in [6.45, 7) is 0.944. The minimum atomic E-state index is -0.392. The Morgan fingerprint density at radius 3 is 3.08 bits per heavy atom. The van der Waals surface area contributed by atoms with Crippen LogP contribution in [0.5, 0.6) is 0 Å². The van der Waals surface area contributed by atoms with E-state index in [-0.39, 0.29) is 12.0 Å². The molecule has 0 aromatic rings. The molecule has 1 amide bonds. The highest BCUT2D eigenvalue weighted by Crippen LogP contribution is 2.13. The van der Waals surface area contributed by atoms with Gasteiger partial charge in [0, 0.05) is 13.1 Å². The largest absolute Gasteiger partial charge is 0.387 e. The fourth-order valence-electron chi connectivity index (χ4n) is 1.28. The molecular weight excluding hydrogens is 273 g/mol. The van der Waals surface area contributed by atoms with Crippen molar-refractivity contribution in [2.24, 2.45) is 0 Å². The number of rotatable bonds is 3. The van der Waals surface area contributed by atoms with Crippen LogP contribution >= 0.6 is 22.6 Å². The number of aliphatic hydroxyl groups excluding tert-OH is 1. The second kappa shape index (κ2) is 4.98. The standard InChI is InChI=1S/C7H12INO3/c8-5-12-6-1-2-9(3-6)7(11)4-10/h6,10H,1-5H2/t6-/m0/s1. The molecule has 1 saturated heterocycles. The number of hydrogen-bond donors (Lipinski definition) is 1. The van der Waals surface area contributed by atoms with Crippen LogP contribution in [0.1, 0.15) is 6.42 Å². The molecule has 70 valence electrons. The van der Waals surface area contributed by atoms with Crippen LogP contribution in [0.25, 0.3) is 0 Å². The van der Waals surface area contributed by atoms with E-state index in [1.165, 1.54) is 0 Å². The Hall–Kier alpha value is 0.120. The zero-order valence-corrected chi connectivity index (χ0v) is 8.86. The van der Waals surface area contributed by atoms with E-state index >= 15 is 0 Å². The summed E-state index contributed by atoms with van der Waals surface area (Å²) >= 11 is 2.14. The topological polar surface area (TPSA) is 49.8 Å². The lowest BCUT2D eigenvalue weighted by atomic mass is 10.3. The first kappa shape index (κ1) is 10.2. The number of amides is 1. The Morgan fingerprint density at radius 2 is 2.50 bits per heavy atom. The molecule has 1 aliphatic heterocycles. The highest BCUT2D eigenvalue weighted by atomic mass is 127. The molecule has 0 spiro atoms. The number of carbonyl (C=O) groups is 1. The van der Waals surface area contributed by atoms with Gasteiger partial charge in [0.05, 0.1) is 10.7 Å². The number of likely N-dealkylation sites (tertiary alicyclic amines) is 1. The van der Waals surface area contributed by atoms with Gasteiger partial charge in [-0.1, -0.05) is 22.6 Å². The lowest BCUT2D eigenvalue weighted by molar-refractivity contribution is -0.133. The Bertz CT molecular complexity index is 165. The number of carbonyl (C=O) groups excluding carboxylic acids is 1. The van der Waals surface area contributed by atoms with Gasteiger partial charge >= 0.3 is 0 Å². The van der Waals surface area contributed by atoms with Crippen molar-refractivity contribution in [3.8, 4) is 0 Å². The summed E-state index contributed by atoms with van der Waals surface area (Å²) in [5.41, 5.74) is 0. The van der Waals surface area contributed by atoms with Crippen molar-refractivity contribution < 1.29 is 14.6 Å². The summed E-state index contributed by atoms with van der Waals surface area (Å²) < 4.78 is 6.00. The molecule has 0 aromatic carbocycles. The van der Waals surface area contributed by atoms with Crippen molar-refractivity contribution in [2.75, 3.05) is 24.3 Å². The third-order valence-corrected chi connectivity index (χ3v) is 2.29. The van der Waals surface area contributed by atoms with Gasteiger partial charge in [-0.25, -0.2) is 0 Å². The van der Waals surface area contributed by atoms with Crippen molar-refractivity contribution in [1.29, 1.82) is 0 Å². The van der Waals surface area contributed by atoms with Gasteiger partial charge < -0.3 is 14.7 Å². The summed E-state index contributed by atoms with van der Waals surface area (Å²) in [5.74, 6) is -0.199. The van der Waals surface area contributed by atoms with Gasteiger partial charge in [-0.05, 0) is 6.42 Å². The number of halogens is 1. The molecule has 5 heteroatoms. The first-order chi connectivity index (χ1) is 5.77. The summed E-state index contributed by atoms with van der Waals surface area (Å²) in [4.78, 5) is 12.6. The Kier molecular flexibility index (Phi) is 4.24. The molecule has 0 aromatic heterocycles. The van der Waals surface area contributed by atoms with Crippen LogP contribution in [0.3, 0.4) is 0 Å². The lowest BCUT2D eigenvalue weighted by Gasteiger charge is -2.14. The number of hydrogen-bond acceptors (Lipinski definition) is 3. The first-order valence-corrected chi connectivity index (χ1v) is 5.36. The zero-order chi connectivity index (χ0) is 8.97. The van der Waals surface area contributed by atoms with Crippen molar-refractivity contribution in [2.45, 2.75) is 12.5 Å². The maximum absolute atomic E-state index is 11.0. The highest BCUT2D eigenvalue weighted by molar-refractivity contribution is 14.1. The third kappa shape index (κ3) is 2.56. The summed E-state index contributed by atoms with van der Waals surface area (Å²) in [6.07, 6.45) is 1.05. The smallest absolute Gasteiger partial charge is 0.248 e. The summed E-state index contributed by atoms with van der Waals surface area (Å²) in [7, 11) is 0. The Morgan fingerprint density at radius 1 is 1.75 bits per heavy atom. The van der Waals surface area contributed by atoms with Gasteiger partial charge in [-0.2, -0.15) is 0 Å². The van der Waals surface area contributed by atoms with Gasteiger partial charge in [0.15, 0.2) is 0 Å². The molecule has 1 N–H and O–H groups in total. The van der Waals surface area contributed by atoms with E-state index in [9.17, 15) is 4.79 Å². The molecular formula is C7H12INO3. The average molecular weight is 285 g/mol. The predicted molar refractivity (Wildman–Crippen MR) is 52.0 cm³/mol. The van der Waals surface area contributed by atoms with Crippen LogP contribution < -0.4 is 0 Å². The van der Waals surface area contributed by atoms with Gasteiger partial charge in [0.25, 0.3) is 0 Å². The van der Waals surface area contributed by atoms with Crippen LogP contribution in [0, 0.1) is 0 Å². The third-order valence-electron chi connectivity index (χ3n) is 1.93. The minimum absolute atomic E-state index is 0.164. The van der Waals surface area contributed by atoms with Gasteiger partial charge in [-0.15, -0.1) is 0 Å².